The molecule has 0 unspecified atom stereocenters. The highest BCUT2D eigenvalue weighted by Gasteiger charge is 2.64. The molecule has 0 saturated carbocycles. The maximum Gasteiger partial charge on any atom is 0.226 e. The van der Waals surface area contributed by atoms with Crippen molar-refractivity contribution >= 4 is 5.91 Å². The van der Waals surface area contributed by atoms with Crippen LogP contribution < -0.4 is 4.74 Å². The summed E-state index contributed by atoms with van der Waals surface area (Å²) in [5.41, 5.74) is 0.756. The Balaban J connectivity index is 1.56. The lowest BCUT2D eigenvalue weighted by molar-refractivity contribution is -0.139. The molecule has 0 radical (unpaired) electrons. The largest absolute Gasteiger partial charge is 0.481 e. The number of methoxy groups -OCH3 is 1. The van der Waals surface area contributed by atoms with Crippen molar-refractivity contribution in [1.82, 2.24) is 14.8 Å². The predicted molar refractivity (Wildman–Crippen MR) is 88.4 cm³/mol. The van der Waals surface area contributed by atoms with Gasteiger partial charge in [-0.2, -0.15) is 0 Å². The Hall–Kier alpha value is -1.66. The van der Waals surface area contributed by atoms with E-state index in [4.69, 9.17) is 9.47 Å². The zero-order chi connectivity index (χ0) is 16.9. The van der Waals surface area contributed by atoms with Crippen LogP contribution in [0.25, 0.3) is 0 Å². The molecule has 0 aromatic carbocycles. The number of aromatic nitrogens is 1. The topological polar surface area (TPSA) is 54.9 Å². The summed E-state index contributed by atoms with van der Waals surface area (Å²) in [6.07, 6.45) is 3.23. The summed E-state index contributed by atoms with van der Waals surface area (Å²) in [5, 5.41) is 0. The van der Waals surface area contributed by atoms with Crippen LogP contribution in [0.5, 0.6) is 5.88 Å². The molecule has 4 rings (SSSR count). The second kappa shape index (κ2) is 5.70. The fourth-order valence-corrected chi connectivity index (χ4v) is 4.54. The molecule has 6 heteroatoms. The summed E-state index contributed by atoms with van der Waals surface area (Å²) >= 11 is 0. The molecule has 3 saturated heterocycles. The first-order valence-electron chi connectivity index (χ1n) is 8.74. The molecule has 3 aliphatic rings. The number of rotatable bonds is 4. The van der Waals surface area contributed by atoms with Gasteiger partial charge in [0.05, 0.1) is 25.8 Å². The fourth-order valence-electron chi connectivity index (χ4n) is 4.54. The number of ether oxygens (including phenoxy) is 2. The van der Waals surface area contributed by atoms with Gasteiger partial charge < -0.3 is 14.4 Å². The molecule has 1 amide bonds. The van der Waals surface area contributed by atoms with Gasteiger partial charge in [-0.1, -0.05) is 13.8 Å². The molecule has 3 aliphatic heterocycles. The minimum atomic E-state index is -0.400. The van der Waals surface area contributed by atoms with Gasteiger partial charge in [0.1, 0.15) is 0 Å². The molecule has 0 bridgehead atoms. The van der Waals surface area contributed by atoms with E-state index in [-0.39, 0.29) is 18.0 Å². The third kappa shape index (κ3) is 2.24. The van der Waals surface area contributed by atoms with Crippen molar-refractivity contribution in [1.29, 1.82) is 0 Å². The molecule has 3 atom stereocenters. The van der Waals surface area contributed by atoms with Crippen LogP contribution in [0.3, 0.4) is 0 Å². The summed E-state index contributed by atoms with van der Waals surface area (Å²) in [6, 6.07) is 4.33. The molecule has 130 valence electrons. The van der Waals surface area contributed by atoms with E-state index in [1.165, 1.54) is 0 Å². The quantitative estimate of drug-likeness (QED) is 0.840. The monoisotopic (exact) mass is 331 g/mol. The van der Waals surface area contributed by atoms with Crippen molar-refractivity contribution in [2.45, 2.75) is 51.0 Å². The van der Waals surface area contributed by atoms with E-state index in [0.717, 1.165) is 25.1 Å². The number of amides is 1. The van der Waals surface area contributed by atoms with Crippen LogP contribution >= 0.6 is 0 Å². The zero-order valence-electron chi connectivity index (χ0n) is 14.6. The maximum absolute atomic E-state index is 12.7. The van der Waals surface area contributed by atoms with E-state index in [2.05, 4.69) is 28.6 Å². The third-order valence-corrected chi connectivity index (χ3v) is 5.76. The van der Waals surface area contributed by atoms with Crippen molar-refractivity contribution in [2.24, 2.45) is 5.92 Å². The van der Waals surface area contributed by atoms with Crippen LogP contribution in [0, 0.1) is 5.92 Å². The van der Waals surface area contributed by atoms with Gasteiger partial charge in [-0.05, 0) is 17.5 Å². The van der Waals surface area contributed by atoms with Gasteiger partial charge in [0.2, 0.25) is 11.8 Å². The molecular formula is C18H25N3O3. The first-order chi connectivity index (χ1) is 11.5. The second-order valence-electron chi connectivity index (χ2n) is 7.38. The average molecular weight is 331 g/mol. The molecule has 1 spiro atoms. The van der Waals surface area contributed by atoms with Crippen LogP contribution in [-0.2, 0) is 16.1 Å². The summed E-state index contributed by atoms with van der Waals surface area (Å²) in [4.78, 5) is 21.3. The number of carbonyl (C=O) groups is 1. The third-order valence-electron chi connectivity index (χ3n) is 5.76. The van der Waals surface area contributed by atoms with E-state index in [0.29, 0.717) is 24.8 Å². The molecule has 0 aliphatic carbocycles. The van der Waals surface area contributed by atoms with E-state index < -0.39 is 5.72 Å². The molecule has 1 aromatic heterocycles. The van der Waals surface area contributed by atoms with E-state index >= 15 is 0 Å². The normalized spacial score (nSPS) is 32.5. The van der Waals surface area contributed by atoms with Crippen LogP contribution in [-0.4, -0.2) is 58.8 Å². The highest BCUT2D eigenvalue weighted by Crippen LogP contribution is 2.49. The Kier molecular flexibility index (Phi) is 3.77. The van der Waals surface area contributed by atoms with Crippen molar-refractivity contribution in [3.8, 4) is 5.88 Å². The van der Waals surface area contributed by atoms with Gasteiger partial charge in [-0.25, -0.2) is 4.98 Å². The Morgan fingerprint density at radius 2 is 2.33 bits per heavy atom. The summed E-state index contributed by atoms with van der Waals surface area (Å²) < 4.78 is 11.5. The number of hydrogen-bond acceptors (Lipinski definition) is 5. The lowest BCUT2D eigenvalue weighted by Gasteiger charge is -2.34. The summed E-state index contributed by atoms with van der Waals surface area (Å²) in [5.74, 6) is 1.29. The molecule has 3 fully saturated rings. The number of carbonyl (C=O) groups excluding carboxylic acids is 1. The molecule has 24 heavy (non-hydrogen) atoms. The zero-order valence-corrected chi connectivity index (χ0v) is 14.6. The Bertz CT molecular complexity index is 650. The second-order valence-corrected chi connectivity index (χ2v) is 7.38. The minimum Gasteiger partial charge on any atom is -0.481 e. The van der Waals surface area contributed by atoms with Gasteiger partial charge in [-0.3, -0.25) is 9.69 Å². The standard InChI is InChI=1S/C18H25N3O3/c1-12(2)14-11-24-18-5-7-20(15(18)9-17(22)21(14)18)10-13-4-6-19-16(8-13)23-3/h4,6,8,12,14-15H,5,7,9-11H2,1-3H3/t14-,15+,18-/m0/s1. The van der Waals surface area contributed by atoms with Gasteiger partial charge >= 0.3 is 0 Å². The van der Waals surface area contributed by atoms with E-state index in [1.54, 1.807) is 13.3 Å². The highest BCUT2D eigenvalue weighted by molar-refractivity contribution is 5.82. The van der Waals surface area contributed by atoms with E-state index in [9.17, 15) is 4.79 Å². The number of pyridine rings is 1. The van der Waals surface area contributed by atoms with Crippen molar-refractivity contribution in [3.05, 3.63) is 23.9 Å². The average Bonchev–Trinajstić information content (AvgIpc) is 3.18. The van der Waals surface area contributed by atoms with Crippen molar-refractivity contribution < 1.29 is 14.3 Å². The maximum atomic E-state index is 12.7. The number of likely N-dealkylation sites (tertiary alicyclic amines) is 1. The van der Waals surface area contributed by atoms with Crippen LogP contribution in [0.4, 0.5) is 0 Å². The lowest BCUT2D eigenvalue weighted by atomic mass is 10.0. The van der Waals surface area contributed by atoms with Crippen LogP contribution in [0.2, 0.25) is 0 Å². The van der Waals surface area contributed by atoms with Crippen molar-refractivity contribution in [2.75, 3.05) is 20.3 Å². The first-order valence-corrected chi connectivity index (χ1v) is 8.74. The minimum absolute atomic E-state index is 0.146. The van der Waals surface area contributed by atoms with Gasteiger partial charge in [0.25, 0.3) is 0 Å². The SMILES string of the molecule is COc1cc(CN2CC[C@@]34OC[C@@H](C(C)C)N3C(=O)C[C@@H]24)ccn1. The number of hydrogen-bond donors (Lipinski definition) is 0. The summed E-state index contributed by atoms with van der Waals surface area (Å²) in [6.45, 7) is 6.75. The lowest BCUT2D eigenvalue weighted by Crippen LogP contribution is -2.50. The Morgan fingerprint density at radius 3 is 3.08 bits per heavy atom. The van der Waals surface area contributed by atoms with Gasteiger partial charge in [-0.15, -0.1) is 0 Å². The summed E-state index contributed by atoms with van der Waals surface area (Å²) in [7, 11) is 1.63. The Morgan fingerprint density at radius 1 is 1.50 bits per heavy atom. The molecule has 1 aromatic rings. The highest BCUT2D eigenvalue weighted by atomic mass is 16.5. The Labute approximate surface area is 142 Å². The molecule has 4 heterocycles. The van der Waals surface area contributed by atoms with Crippen molar-refractivity contribution in [3.63, 3.8) is 0 Å². The van der Waals surface area contributed by atoms with Crippen LogP contribution in [0.15, 0.2) is 18.3 Å². The fraction of sp³-hybridized carbons (Fsp3) is 0.667. The van der Waals surface area contributed by atoms with Crippen LogP contribution in [0.1, 0.15) is 32.3 Å². The predicted octanol–water partition coefficient (Wildman–Crippen LogP) is 1.65. The van der Waals surface area contributed by atoms with Gasteiger partial charge in [0, 0.05) is 38.2 Å². The molecule has 0 N–H and O–H groups in total. The smallest absolute Gasteiger partial charge is 0.226 e. The van der Waals surface area contributed by atoms with Gasteiger partial charge in [0.15, 0.2) is 5.72 Å². The van der Waals surface area contributed by atoms with E-state index in [1.807, 2.05) is 12.1 Å². The number of nitrogens with zero attached hydrogens (tertiary/aromatic N) is 3. The molecule has 6 nitrogen and oxygen atoms in total. The first kappa shape index (κ1) is 15.8. The molecular weight excluding hydrogens is 306 g/mol.